The van der Waals surface area contributed by atoms with Crippen LogP contribution in [0, 0.1) is 0 Å². The van der Waals surface area contributed by atoms with Crippen molar-refractivity contribution in [3.05, 3.63) is 22.4 Å². The van der Waals surface area contributed by atoms with Gasteiger partial charge < -0.3 is 15.6 Å². The summed E-state index contributed by atoms with van der Waals surface area (Å²) < 4.78 is 4.93. The molecule has 0 saturated carbocycles. The zero-order valence-electron chi connectivity index (χ0n) is 10.7. The Morgan fingerprint density at radius 2 is 2.29 bits per heavy atom. The Hall–Kier alpha value is -0.460. The van der Waals surface area contributed by atoms with Crippen LogP contribution in [0.5, 0.6) is 0 Å². The number of nitrogens with zero attached hydrogens (tertiary/aromatic N) is 1. The van der Waals surface area contributed by atoms with Crippen LogP contribution in [0.25, 0.3) is 0 Å². The first-order valence-corrected chi connectivity index (χ1v) is 6.65. The number of hydrogen-bond donors (Lipinski definition) is 2. The molecule has 0 aromatic carbocycles. The maximum absolute atomic E-state index is 9.74. The molecule has 0 fully saturated rings. The van der Waals surface area contributed by atoms with Gasteiger partial charge in [-0.2, -0.15) is 11.3 Å². The Morgan fingerprint density at radius 1 is 1.59 bits per heavy atom. The molecule has 4 nitrogen and oxygen atoms in total. The van der Waals surface area contributed by atoms with Gasteiger partial charge in [-0.1, -0.05) is 0 Å². The predicted molar refractivity (Wildman–Crippen MR) is 71.2 cm³/mol. The number of ether oxygens (including phenoxy) is 1. The number of hydrogen-bond acceptors (Lipinski definition) is 5. The highest BCUT2D eigenvalue weighted by atomic mass is 32.1. The fourth-order valence-electron chi connectivity index (χ4n) is 2.09. The Balaban J connectivity index is 2.65. The molecule has 0 aliphatic carbocycles. The number of methoxy groups -OCH3 is 1. The van der Waals surface area contributed by atoms with E-state index in [1.165, 1.54) is 5.56 Å². The molecular weight excluding hydrogens is 236 g/mol. The van der Waals surface area contributed by atoms with Crippen molar-refractivity contribution in [1.82, 2.24) is 4.90 Å². The fraction of sp³-hybridized carbons (Fsp3) is 0.667. The van der Waals surface area contributed by atoms with Gasteiger partial charge in [-0.05, 0) is 36.4 Å². The van der Waals surface area contributed by atoms with Gasteiger partial charge in [0, 0.05) is 19.7 Å². The first-order valence-electron chi connectivity index (χ1n) is 5.71. The van der Waals surface area contributed by atoms with Gasteiger partial charge in [0.2, 0.25) is 0 Å². The highest BCUT2D eigenvalue weighted by Crippen LogP contribution is 2.24. The van der Waals surface area contributed by atoms with E-state index >= 15 is 0 Å². The van der Waals surface area contributed by atoms with Gasteiger partial charge in [-0.15, -0.1) is 0 Å². The van der Waals surface area contributed by atoms with Crippen molar-refractivity contribution in [1.29, 1.82) is 0 Å². The lowest BCUT2D eigenvalue weighted by molar-refractivity contribution is 0.0318. The minimum Gasteiger partial charge on any atom is -0.389 e. The van der Waals surface area contributed by atoms with E-state index in [9.17, 15) is 5.11 Å². The molecule has 17 heavy (non-hydrogen) atoms. The second-order valence-electron chi connectivity index (χ2n) is 4.41. The predicted octanol–water partition coefficient (Wildman–Crippen LogP) is 1.08. The molecule has 0 radical (unpaired) electrons. The SMILES string of the molecule is COCC(O)CN(C)C(c1ccsc1)C(C)N. The van der Waals surface area contributed by atoms with Crippen molar-refractivity contribution in [2.45, 2.75) is 25.1 Å². The van der Waals surface area contributed by atoms with Gasteiger partial charge in [0.15, 0.2) is 0 Å². The van der Waals surface area contributed by atoms with Crippen LogP contribution in [0.1, 0.15) is 18.5 Å². The van der Waals surface area contributed by atoms with Gasteiger partial charge in [-0.25, -0.2) is 0 Å². The molecule has 1 heterocycles. The summed E-state index contributed by atoms with van der Waals surface area (Å²) in [7, 11) is 3.57. The Kier molecular flexibility index (Phi) is 6.08. The monoisotopic (exact) mass is 258 g/mol. The summed E-state index contributed by atoms with van der Waals surface area (Å²) in [6.07, 6.45) is -0.482. The smallest absolute Gasteiger partial charge is 0.0900 e. The average Bonchev–Trinajstić information content (AvgIpc) is 2.70. The third-order valence-electron chi connectivity index (χ3n) is 2.72. The van der Waals surface area contributed by atoms with Crippen LogP contribution in [0.15, 0.2) is 16.8 Å². The molecule has 3 atom stereocenters. The molecule has 0 amide bonds. The van der Waals surface area contributed by atoms with E-state index in [1.807, 2.05) is 19.4 Å². The summed E-state index contributed by atoms with van der Waals surface area (Å²) in [5, 5.41) is 13.9. The van der Waals surface area contributed by atoms with Crippen LogP contribution < -0.4 is 5.73 Å². The van der Waals surface area contributed by atoms with Gasteiger partial charge in [0.1, 0.15) is 0 Å². The largest absolute Gasteiger partial charge is 0.389 e. The molecule has 1 aromatic heterocycles. The number of aliphatic hydroxyl groups is 1. The number of nitrogens with two attached hydrogens (primary N) is 1. The Morgan fingerprint density at radius 3 is 2.76 bits per heavy atom. The molecule has 0 aliphatic rings. The van der Waals surface area contributed by atoms with Gasteiger partial charge in [0.05, 0.1) is 18.8 Å². The fourth-order valence-corrected chi connectivity index (χ4v) is 2.78. The van der Waals surface area contributed by atoms with Crippen molar-refractivity contribution in [3.63, 3.8) is 0 Å². The Bertz CT molecular complexity index is 303. The van der Waals surface area contributed by atoms with E-state index in [1.54, 1.807) is 18.4 Å². The van der Waals surface area contributed by atoms with Crippen molar-refractivity contribution in [2.24, 2.45) is 5.73 Å². The zero-order chi connectivity index (χ0) is 12.8. The average molecular weight is 258 g/mol. The minimum atomic E-state index is -0.482. The maximum Gasteiger partial charge on any atom is 0.0900 e. The summed E-state index contributed by atoms with van der Waals surface area (Å²) in [6, 6.07) is 2.23. The maximum atomic E-state index is 9.74. The van der Waals surface area contributed by atoms with Crippen LogP contribution >= 0.6 is 11.3 Å². The summed E-state index contributed by atoms with van der Waals surface area (Å²) in [4.78, 5) is 2.08. The second-order valence-corrected chi connectivity index (χ2v) is 5.19. The van der Waals surface area contributed by atoms with E-state index in [2.05, 4.69) is 16.3 Å². The quantitative estimate of drug-likeness (QED) is 0.768. The molecule has 0 bridgehead atoms. The lowest BCUT2D eigenvalue weighted by atomic mass is 10.0. The topological polar surface area (TPSA) is 58.7 Å². The number of thiophene rings is 1. The molecule has 5 heteroatoms. The van der Waals surface area contributed by atoms with E-state index in [4.69, 9.17) is 10.5 Å². The summed E-state index contributed by atoms with van der Waals surface area (Å²) >= 11 is 1.66. The molecule has 1 aromatic rings. The minimum absolute atomic E-state index is 0.0179. The molecule has 0 aliphatic heterocycles. The highest BCUT2D eigenvalue weighted by molar-refractivity contribution is 7.07. The molecule has 0 saturated heterocycles. The van der Waals surface area contributed by atoms with Gasteiger partial charge in [-0.3, -0.25) is 4.90 Å². The number of aliphatic hydroxyl groups excluding tert-OH is 1. The summed E-state index contributed by atoms with van der Waals surface area (Å²) in [5.41, 5.74) is 7.23. The third kappa shape index (κ3) is 4.37. The first kappa shape index (κ1) is 14.6. The zero-order valence-corrected chi connectivity index (χ0v) is 11.5. The van der Waals surface area contributed by atoms with Crippen LogP contribution in [-0.4, -0.2) is 49.5 Å². The van der Waals surface area contributed by atoms with Crippen LogP contribution in [0.3, 0.4) is 0 Å². The molecule has 3 N–H and O–H groups in total. The molecule has 1 rings (SSSR count). The lowest BCUT2D eigenvalue weighted by Gasteiger charge is -2.32. The summed E-state index contributed by atoms with van der Waals surface area (Å²) in [6.45, 7) is 2.89. The summed E-state index contributed by atoms with van der Waals surface area (Å²) in [5.74, 6) is 0. The Labute approximate surface area is 107 Å². The van der Waals surface area contributed by atoms with Crippen LogP contribution in [0.2, 0.25) is 0 Å². The second kappa shape index (κ2) is 7.08. The number of likely N-dealkylation sites (N-methyl/N-ethyl adjacent to an activating group) is 1. The van der Waals surface area contributed by atoms with Crippen molar-refractivity contribution in [3.8, 4) is 0 Å². The first-order chi connectivity index (χ1) is 8.06. The molecular formula is C12H22N2O2S. The van der Waals surface area contributed by atoms with Crippen molar-refractivity contribution in [2.75, 3.05) is 27.3 Å². The molecule has 0 spiro atoms. The lowest BCUT2D eigenvalue weighted by Crippen LogP contribution is -2.41. The van der Waals surface area contributed by atoms with E-state index in [0.717, 1.165) is 0 Å². The van der Waals surface area contributed by atoms with E-state index in [-0.39, 0.29) is 12.1 Å². The molecule has 3 unspecified atom stereocenters. The van der Waals surface area contributed by atoms with Crippen LogP contribution in [0.4, 0.5) is 0 Å². The normalized spacial score (nSPS) is 17.1. The van der Waals surface area contributed by atoms with E-state index in [0.29, 0.717) is 13.2 Å². The van der Waals surface area contributed by atoms with Crippen molar-refractivity contribution < 1.29 is 9.84 Å². The van der Waals surface area contributed by atoms with Gasteiger partial charge >= 0.3 is 0 Å². The standard InChI is InChI=1S/C12H22N2O2S/c1-9(13)12(10-4-5-17-8-10)14(2)6-11(15)7-16-3/h4-5,8-9,11-12,15H,6-7,13H2,1-3H3. The number of rotatable bonds is 7. The highest BCUT2D eigenvalue weighted by Gasteiger charge is 2.23. The molecule has 98 valence electrons. The third-order valence-corrected chi connectivity index (χ3v) is 3.42. The van der Waals surface area contributed by atoms with Gasteiger partial charge in [0.25, 0.3) is 0 Å². The van der Waals surface area contributed by atoms with Crippen LogP contribution in [-0.2, 0) is 4.74 Å². The van der Waals surface area contributed by atoms with Crippen molar-refractivity contribution >= 4 is 11.3 Å². The van der Waals surface area contributed by atoms with E-state index < -0.39 is 6.10 Å².